The monoisotopic (exact) mass is 287 g/mol. The van der Waals surface area contributed by atoms with Crippen LogP contribution < -0.4 is 5.32 Å². The summed E-state index contributed by atoms with van der Waals surface area (Å²) in [4.78, 5) is 12.5. The molecule has 0 spiro atoms. The second-order valence-corrected chi connectivity index (χ2v) is 6.51. The Morgan fingerprint density at radius 2 is 2.00 bits per heavy atom. The van der Waals surface area contributed by atoms with Gasteiger partial charge in [0.25, 0.3) is 0 Å². The van der Waals surface area contributed by atoms with Crippen LogP contribution in [0.1, 0.15) is 31.2 Å². The molecule has 0 fully saturated rings. The van der Waals surface area contributed by atoms with E-state index >= 15 is 0 Å². The van der Waals surface area contributed by atoms with Crippen molar-refractivity contribution in [1.29, 1.82) is 0 Å². The Morgan fingerprint density at radius 1 is 1.35 bits per heavy atom. The predicted molar refractivity (Wildman–Crippen MR) is 80.5 cm³/mol. The predicted octanol–water partition coefficient (Wildman–Crippen LogP) is 3.01. The van der Waals surface area contributed by atoms with Gasteiger partial charge in [-0.1, -0.05) is 24.3 Å². The molecule has 104 valence electrons. The number of carboxylic acids is 1. The molecule has 20 heavy (non-hydrogen) atoms. The van der Waals surface area contributed by atoms with Crippen molar-refractivity contribution in [2.24, 2.45) is 0 Å². The van der Waals surface area contributed by atoms with Crippen molar-refractivity contribution in [3.8, 4) is 0 Å². The molecule has 1 aromatic carbocycles. The van der Waals surface area contributed by atoms with Crippen molar-refractivity contribution in [2.75, 3.05) is 0 Å². The number of rotatable bonds is 4. The zero-order chi connectivity index (χ0) is 14.1. The number of hydrogen-bond acceptors (Lipinski definition) is 3. The molecule has 2 N–H and O–H groups in total. The van der Waals surface area contributed by atoms with Crippen molar-refractivity contribution in [3.05, 3.63) is 56.8 Å². The van der Waals surface area contributed by atoms with E-state index in [1.165, 1.54) is 22.5 Å². The minimum Gasteiger partial charge on any atom is -0.477 e. The van der Waals surface area contributed by atoms with E-state index < -0.39 is 5.97 Å². The molecule has 2 aromatic rings. The van der Waals surface area contributed by atoms with Gasteiger partial charge in [-0.25, -0.2) is 4.79 Å². The Morgan fingerprint density at radius 3 is 2.55 bits per heavy atom. The third-order valence-corrected chi connectivity index (χ3v) is 4.94. The van der Waals surface area contributed by atoms with E-state index in [0.29, 0.717) is 10.9 Å². The van der Waals surface area contributed by atoms with Crippen LogP contribution >= 0.6 is 11.3 Å². The number of hydrogen-bond donors (Lipinski definition) is 2. The van der Waals surface area contributed by atoms with E-state index in [1.807, 2.05) is 6.92 Å². The Hall–Kier alpha value is -1.65. The highest BCUT2D eigenvalue weighted by Crippen LogP contribution is 2.24. The average Bonchev–Trinajstić information content (AvgIpc) is 2.99. The molecule has 0 aliphatic heterocycles. The lowest BCUT2D eigenvalue weighted by atomic mass is 10.1. The van der Waals surface area contributed by atoms with E-state index in [9.17, 15) is 4.79 Å². The van der Waals surface area contributed by atoms with Crippen LogP contribution in [0.15, 0.2) is 30.3 Å². The summed E-state index contributed by atoms with van der Waals surface area (Å²) in [6, 6.07) is 10.8. The standard InChI is InChI=1S/C16H17NO2S/c1-10-13(8-15(20-10)16(18)19)9-17-14-6-11-4-2-3-5-12(11)7-14/h2-5,8,14,17H,6-7,9H2,1H3,(H,18,19). The third kappa shape index (κ3) is 2.62. The van der Waals surface area contributed by atoms with Gasteiger partial charge in [-0.15, -0.1) is 11.3 Å². The highest BCUT2D eigenvalue weighted by molar-refractivity contribution is 7.14. The van der Waals surface area contributed by atoms with Gasteiger partial charge < -0.3 is 10.4 Å². The van der Waals surface area contributed by atoms with Gasteiger partial charge in [0.1, 0.15) is 4.88 Å². The SMILES string of the molecule is Cc1sc(C(=O)O)cc1CNC1Cc2ccccc2C1. The highest BCUT2D eigenvalue weighted by Gasteiger charge is 2.20. The number of nitrogens with one attached hydrogen (secondary N) is 1. The Bertz CT molecular complexity index is 623. The lowest BCUT2D eigenvalue weighted by molar-refractivity contribution is 0.0702. The maximum Gasteiger partial charge on any atom is 0.345 e. The van der Waals surface area contributed by atoms with Crippen LogP contribution in [-0.4, -0.2) is 17.1 Å². The van der Waals surface area contributed by atoms with E-state index in [0.717, 1.165) is 29.8 Å². The zero-order valence-corrected chi connectivity index (χ0v) is 12.2. The molecule has 0 unspecified atom stereocenters. The summed E-state index contributed by atoms with van der Waals surface area (Å²) >= 11 is 1.35. The molecule has 0 radical (unpaired) electrons. The highest BCUT2D eigenvalue weighted by atomic mass is 32.1. The second-order valence-electron chi connectivity index (χ2n) is 5.25. The van der Waals surface area contributed by atoms with Crippen LogP contribution in [0.2, 0.25) is 0 Å². The van der Waals surface area contributed by atoms with E-state index in [1.54, 1.807) is 6.07 Å². The molecule has 0 saturated heterocycles. The molecule has 1 heterocycles. The number of fused-ring (bicyclic) bond motifs is 1. The first-order valence-corrected chi connectivity index (χ1v) is 7.58. The van der Waals surface area contributed by atoms with Gasteiger partial charge in [0, 0.05) is 17.5 Å². The van der Waals surface area contributed by atoms with Crippen molar-refractivity contribution in [2.45, 2.75) is 32.4 Å². The smallest absolute Gasteiger partial charge is 0.345 e. The molecule has 0 bridgehead atoms. The molecule has 3 nitrogen and oxygen atoms in total. The van der Waals surface area contributed by atoms with Crippen molar-refractivity contribution >= 4 is 17.3 Å². The summed E-state index contributed by atoms with van der Waals surface area (Å²) in [5.74, 6) is -0.836. The van der Waals surface area contributed by atoms with Gasteiger partial charge in [-0.3, -0.25) is 0 Å². The normalized spacial score (nSPS) is 14.4. The molecule has 1 aliphatic rings. The molecule has 1 aliphatic carbocycles. The van der Waals surface area contributed by atoms with Crippen LogP contribution in [-0.2, 0) is 19.4 Å². The van der Waals surface area contributed by atoms with Gasteiger partial charge in [0.15, 0.2) is 0 Å². The minimum atomic E-state index is -0.836. The summed E-state index contributed by atoms with van der Waals surface area (Å²) < 4.78 is 0. The first-order valence-electron chi connectivity index (χ1n) is 6.76. The fraction of sp³-hybridized carbons (Fsp3) is 0.312. The zero-order valence-electron chi connectivity index (χ0n) is 11.3. The number of benzene rings is 1. The second kappa shape index (κ2) is 5.38. The molecular weight excluding hydrogens is 270 g/mol. The minimum absolute atomic E-state index is 0.425. The lowest BCUT2D eigenvalue weighted by Gasteiger charge is -2.11. The molecular formula is C16H17NO2S. The van der Waals surface area contributed by atoms with Gasteiger partial charge in [0.05, 0.1) is 0 Å². The molecule has 4 heteroatoms. The van der Waals surface area contributed by atoms with Crippen LogP contribution in [0.3, 0.4) is 0 Å². The van der Waals surface area contributed by atoms with Gasteiger partial charge >= 0.3 is 5.97 Å². The summed E-state index contributed by atoms with van der Waals surface area (Å²) in [5.41, 5.74) is 3.96. The van der Waals surface area contributed by atoms with Crippen LogP contribution in [0, 0.1) is 6.92 Å². The Kier molecular flexibility index (Phi) is 3.59. The topological polar surface area (TPSA) is 49.3 Å². The molecule has 0 saturated carbocycles. The van der Waals surface area contributed by atoms with Gasteiger partial charge in [0.2, 0.25) is 0 Å². The summed E-state index contributed by atoms with van der Waals surface area (Å²) in [7, 11) is 0. The maximum atomic E-state index is 11.0. The average molecular weight is 287 g/mol. The number of carboxylic acid groups (broad SMARTS) is 1. The third-order valence-electron chi connectivity index (χ3n) is 3.86. The van der Waals surface area contributed by atoms with Crippen molar-refractivity contribution in [1.82, 2.24) is 5.32 Å². The number of thiophene rings is 1. The number of aryl methyl sites for hydroxylation is 1. The fourth-order valence-electron chi connectivity index (χ4n) is 2.76. The largest absolute Gasteiger partial charge is 0.477 e. The Labute approximate surface area is 122 Å². The van der Waals surface area contributed by atoms with Crippen molar-refractivity contribution in [3.63, 3.8) is 0 Å². The molecule has 0 amide bonds. The van der Waals surface area contributed by atoms with Crippen LogP contribution in [0.4, 0.5) is 0 Å². The van der Waals surface area contributed by atoms with Crippen LogP contribution in [0.5, 0.6) is 0 Å². The maximum absolute atomic E-state index is 11.0. The van der Waals surface area contributed by atoms with Crippen molar-refractivity contribution < 1.29 is 9.90 Å². The quantitative estimate of drug-likeness (QED) is 0.909. The fourth-order valence-corrected chi connectivity index (χ4v) is 3.64. The molecule has 1 aromatic heterocycles. The first-order chi connectivity index (χ1) is 9.63. The summed E-state index contributed by atoms with van der Waals surface area (Å²) in [6.45, 7) is 2.73. The molecule has 0 atom stereocenters. The van der Waals surface area contributed by atoms with Gasteiger partial charge in [-0.2, -0.15) is 0 Å². The van der Waals surface area contributed by atoms with Gasteiger partial charge in [-0.05, 0) is 42.5 Å². The Balaban J connectivity index is 1.63. The number of aromatic carboxylic acids is 1. The summed E-state index contributed by atoms with van der Waals surface area (Å²) in [5, 5.41) is 12.6. The van der Waals surface area contributed by atoms with E-state index in [2.05, 4.69) is 29.6 Å². The summed E-state index contributed by atoms with van der Waals surface area (Å²) in [6.07, 6.45) is 2.12. The molecule has 3 rings (SSSR count). The number of carbonyl (C=O) groups is 1. The lowest BCUT2D eigenvalue weighted by Crippen LogP contribution is -2.29. The first kappa shape index (κ1) is 13.3. The van der Waals surface area contributed by atoms with E-state index in [4.69, 9.17) is 5.11 Å². The van der Waals surface area contributed by atoms with E-state index in [-0.39, 0.29) is 0 Å². The van der Waals surface area contributed by atoms with Crippen LogP contribution in [0.25, 0.3) is 0 Å².